The topological polar surface area (TPSA) is 70.2 Å². The van der Waals surface area contributed by atoms with Crippen LogP contribution >= 0.6 is 0 Å². The molecule has 0 spiro atoms. The van der Waals surface area contributed by atoms with Gasteiger partial charge in [-0.3, -0.25) is 9.59 Å². The van der Waals surface area contributed by atoms with E-state index < -0.39 is 6.04 Å². The number of carbonyl (C=O) groups is 2. The highest BCUT2D eigenvalue weighted by Crippen LogP contribution is 2.15. The van der Waals surface area contributed by atoms with Crippen LogP contribution in [0.15, 0.2) is 0 Å². The Hall–Kier alpha value is -1.10. The van der Waals surface area contributed by atoms with E-state index in [2.05, 4.69) is 16.0 Å². The molecule has 1 fully saturated rings. The lowest BCUT2D eigenvalue weighted by molar-refractivity contribution is -0.131. The van der Waals surface area contributed by atoms with Crippen molar-refractivity contribution < 1.29 is 9.59 Å². The normalized spacial score (nSPS) is 18.9. The third-order valence-electron chi connectivity index (χ3n) is 3.37. The zero-order valence-corrected chi connectivity index (χ0v) is 11.7. The van der Waals surface area contributed by atoms with Gasteiger partial charge in [-0.15, -0.1) is 0 Å². The fourth-order valence-electron chi connectivity index (χ4n) is 1.75. The average molecular weight is 255 g/mol. The summed E-state index contributed by atoms with van der Waals surface area (Å²) in [5.74, 6) is 0.629. The molecule has 0 bridgehead atoms. The summed E-state index contributed by atoms with van der Waals surface area (Å²) in [5, 5.41) is 8.74. The molecular formula is C13H25N3O2. The second-order valence-corrected chi connectivity index (χ2v) is 5.58. The molecule has 1 saturated heterocycles. The van der Waals surface area contributed by atoms with Crippen LogP contribution in [-0.2, 0) is 9.59 Å². The van der Waals surface area contributed by atoms with Crippen molar-refractivity contribution in [1.29, 1.82) is 0 Å². The number of hydrogen-bond acceptors (Lipinski definition) is 3. The molecule has 1 heterocycles. The van der Waals surface area contributed by atoms with Crippen LogP contribution in [0, 0.1) is 17.8 Å². The molecule has 2 atom stereocenters. The lowest BCUT2D eigenvalue weighted by Gasteiger charge is -2.32. The van der Waals surface area contributed by atoms with Gasteiger partial charge in [-0.25, -0.2) is 0 Å². The van der Waals surface area contributed by atoms with Gasteiger partial charge in [0.2, 0.25) is 11.8 Å². The molecule has 0 saturated carbocycles. The molecule has 0 aliphatic carbocycles. The van der Waals surface area contributed by atoms with E-state index >= 15 is 0 Å². The molecule has 5 heteroatoms. The lowest BCUT2D eigenvalue weighted by atomic mass is 9.88. The SMILES string of the molecule is CC(C)CNC(=O)C(C)NC(=O)C(C)C1CNC1. The predicted octanol–water partition coefficient (Wildman–Crippen LogP) is 0.119. The number of amides is 2. The number of nitrogens with one attached hydrogen (secondary N) is 3. The van der Waals surface area contributed by atoms with E-state index in [-0.39, 0.29) is 17.7 Å². The number of hydrogen-bond donors (Lipinski definition) is 3. The van der Waals surface area contributed by atoms with Gasteiger partial charge >= 0.3 is 0 Å². The van der Waals surface area contributed by atoms with Crippen LogP contribution in [0.25, 0.3) is 0 Å². The van der Waals surface area contributed by atoms with Crippen molar-refractivity contribution in [1.82, 2.24) is 16.0 Å². The third-order valence-corrected chi connectivity index (χ3v) is 3.37. The minimum Gasteiger partial charge on any atom is -0.354 e. The predicted molar refractivity (Wildman–Crippen MR) is 71.0 cm³/mol. The Morgan fingerprint density at radius 1 is 1.17 bits per heavy atom. The molecular weight excluding hydrogens is 230 g/mol. The summed E-state index contributed by atoms with van der Waals surface area (Å²) in [7, 11) is 0. The molecule has 0 aromatic rings. The largest absolute Gasteiger partial charge is 0.354 e. The Kier molecular flexibility index (Phi) is 5.59. The fraction of sp³-hybridized carbons (Fsp3) is 0.846. The summed E-state index contributed by atoms with van der Waals surface area (Å²) in [4.78, 5) is 23.6. The molecule has 0 aromatic carbocycles. The molecule has 2 unspecified atom stereocenters. The fourth-order valence-corrected chi connectivity index (χ4v) is 1.75. The lowest BCUT2D eigenvalue weighted by Crippen LogP contribution is -2.53. The van der Waals surface area contributed by atoms with Gasteiger partial charge in [0, 0.05) is 12.5 Å². The van der Waals surface area contributed by atoms with Crippen LogP contribution in [0.4, 0.5) is 0 Å². The van der Waals surface area contributed by atoms with Gasteiger partial charge in [0.05, 0.1) is 0 Å². The van der Waals surface area contributed by atoms with Crippen molar-refractivity contribution in [2.24, 2.45) is 17.8 Å². The smallest absolute Gasteiger partial charge is 0.242 e. The van der Waals surface area contributed by atoms with Crippen LogP contribution in [-0.4, -0.2) is 37.5 Å². The van der Waals surface area contributed by atoms with E-state index in [1.54, 1.807) is 6.92 Å². The standard InChI is InChI=1S/C13H25N3O2/c1-8(2)5-15-13(18)10(4)16-12(17)9(3)11-6-14-7-11/h8-11,14H,5-7H2,1-4H3,(H,15,18)(H,16,17). The molecule has 104 valence electrons. The van der Waals surface area contributed by atoms with Crippen molar-refractivity contribution in [3.05, 3.63) is 0 Å². The average Bonchev–Trinajstić information content (AvgIpc) is 2.22. The first kappa shape index (κ1) is 15.0. The third kappa shape index (κ3) is 4.29. The minimum absolute atomic E-state index is 0.0336. The van der Waals surface area contributed by atoms with Crippen molar-refractivity contribution in [2.45, 2.75) is 33.7 Å². The van der Waals surface area contributed by atoms with E-state index in [0.29, 0.717) is 18.4 Å². The van der Waals surface area contributed by atoms with Crippen LogP contribution in [0.2, 0.25) is 0 Å². The Balaban J connectivity index is 2.31. The highest BCUT2D eigenvalue weighted by atomic mass is 16.2. The second-order valence-electron chi connectivity index (χ2n) is 5.58. The molecule has 5 nitrogen and oxygen atoms in total. The maximum Gasteiger partial charge on any atom is 0.242 e. The summed E-state index contributed by atoms with van der Waals surface area (Å²) in [6.07, 6.45) is 0. The summed E-state index contributed by atoms with van der Waals surface area (Å²) < 4.78 is 0. The van der Waals surface area contributed by atoms with E-state index in [4.69, 9.17) is 0 Å². The zero-order chi connectivity index (χ0) is 13.7. The molecule has 1 aliphatic heterocycles. The van der Waals surface area contributed by atoms with Crippen LogP contribution < -0.4 is 16.0 Å². The first-order chi connectivity index (χ1) is 8.41. The van der Waals surface area contributed by atoms with Gasteiger partial charge in [0.15, 0.2) is 0 Å². The molecule has 3 N–H and O–H groups in total. The van der Waals surface area contributed by atoms with Crippen molar-refractivity contribution in [3.8, 4) is 0 Å². The van der Waals surface area contributed by atoms with Gasteiger partial charge in [-0.2, -0.15) is 0 Å². The maximum absolute atomic E-state index is 11.9. The second kappa shape index (κ2) is 6.73. The maximum atomic E-state index is 11.9. The Bertz CT molecular complexity index is 301. The minimum atomic E-state index is -0.466. The molecule has 18 heavy (non-hydrogen) atoms. The summed E-state index contributed by atoms with van der Waals surface area (Å²) in [6, 6.07) is -0.466. The van der Waals surface area contributed by atoms with E-state index in [9.17, 15) is 9.59 Å². The van der Waals surface area contributed by atoms with Crippen molar-refractivity contribution in [2.75, 3.05) is 19.6 Å². The highest BCUT2D eigenvalue weighted by Gasteiger charge is 2.30. The van der Waals surface area contributed by atoms with Crippen LogP contribution in [0.1, 0.15) is 27.7 Å². The summed E-state index contributed by atoms with van der Waals surface area (Å²) >= 11 is 0. The molecule has 2 amide bonds. The summed E-state index contributed by atoms with van der Waals surface area (Å²) in [5.41, 5.74) is 0. The summed E-state index contributed by atoms with van der Waals surface area (Å²) in [6.45, 7) is 10.1. The van der Waals surface area contributed by atoms with E-state index in [1.165, 1.54) is 0 Å². The Morgan fingerprint density at radius 3 is 2.22 bits per heavy atom. The van der Waals surface area contributed by atoms with Crippen molar-refractivity contribution in [3.63, 3.8) is 0 Å². The van der Waals surface area contributed by atoms with Gasteiger partial charge in [0.1, 0.15) is 6.04 Å². The van der Waals surface area contributed by atoms with Gasteiger partial charge in [-0.05, 0) is 31.8 Å². The Morgan fingerprint density at radius 2 is 1.78 bits per heavy atom. The molecule has 0 aromatic heterocycles. The monoisotopic (exact) mass is 255 g/mol. The van der Waals surface area contributed by atoms with Crippen molar-refractivity contribution >= 4 is 11.8 Å². The first-order valence-electron chi connectivity index (χ1n) is 6.70. The van der Waals surface area contributed by atoms with Crippen LogP contribution in [0.3, 0.4) is 0 Å². The highest BCUT2D eigenvalue weighted by molar-refractivity contribution is 5.88. The zero-order valence-electron chi connectivity index (χ0n) is 11.7. The van der Waals surface area contributed by atoms with Gasteiger partial charge in [0.25, 0.3) is 0 Å². The quantitative estimate of drug-likeness (QED) is 0.631. The Labute approximate surface area is 109 Å². The first-order valence-corrected chi connectivity index (χ1v) is 6.70. The van der Waals surface area contributed by atoms with E-state index in [1.807, 2.05) is 20.8 Å². The van der Waals surface area contributed by atoms with Gasteiger partial charge in [-0.1, -0.05) is 20.8 Å². The van der Waals surface area contributed by atoms with E-state index in [0.717, 1.165) is 13.1 Å². The number of rotatable bonds is 6. The molecule has 1 aliphatic rings. The number of carbonyl (C=O) groups excluding carboxylic acids is 2. The molecule has 0 radical (unpaired) electrons. The van der Waals surface area contributed by atoms with Gasteiger partial charge < -0.3 is 16.0 Å². The van der Waals surface area contributed by atoms with Crippen LogP contribution in [0.5, 0.6) is 0 Å². The molecule has 1 rings (SSSR count).